The van der Waals surface area contributed by atoms with E-state index < -0.39 is 0 Å². The number of nitrogens with zero attached hydrogens (tertiary/aromatic N) is 2. The number of ether oxygens (including phenoxy) is 1. The quantitative estimate of drug-likeness (QED) is 0.812. The van der Waals surface area contributed by atoms with E-state index in [1.807, 2.05) is 23.6 Å². The molecular formula is C17H20N2O2. The zero-order chi connectivity index (χ0) is 14.4. The van der Waals surface area contributed by atoms with Crippen LogP contribution in [0.2, 0.25) is 0 Å². The number of hydrogen-bond donors (Lipinski definition) is 0. The normalized spacial score (nSPS) is 27.4. The molecule has 4 nitrogen and oxygen atoms in total. The van der Waals surface area contributed by atoms with Crippen molar-refractivity contribution >= 4 is 11.5 Å². The monoisotopic (exact) mass is 284 g/mol. The first-order chi connectivity index (χ1) is 10.3. The van der Waals surface area contributed by atoms with Crippen LogP contribution in [-0.4, -0.2) is 22.2 Å². The molecule has 0 bridgehead atoms. The zero-order valence-electron chi connectivity index (χ0n) is 12.3. The summed E-state index contributed by atoms with van der Waals surface area (Å²) in [4.78, 5) is 12.0. The van der Waals surface area contributed by atoms with Crippen LogP contribution in [0.25, 0.3) is 5.52 Å². The molecule has 21 heavy (non-hydrogen) atoms. The molecule has 0 aromatic carbocycles. The third kappa shape index (κ3) is 1.81. The Kier molecular flexibility index (Phi) is 2.81. The summed E-state index contributed by atoms with van der Waals surface area (Å²) in [6, 6.07) is 6.19. The van der Waals surface area contributed by atoms with Crippen molar-refractivity contribution in [1.29, 1.82) is 0 Å². The lowest BCUT2D eigenvalue weighted by molar-refractivity contribution is 0.0528. The van der Waals surface area contributed by atoms with Crippen LogP contribution < -0.4 is 0 Å². The third-order valence-electron chi connectivity index (χ3n) is 5.21. The summed E-state index contributed by atoms with van der Waals surface area (Å²) in [5.74, 6) is 0.533. The summed E-state index contributed by atoms with van der Waals surface area (Å²) in [7, 11) is 0. The number of fused-ring (bicyclic) bond motifs is 2. The molecular weight excluding hydrogens is 264 g/mol. The minimum absolute atomic E-state index is 0.279. The van der Waals surface area contributed by atoms with Crippen LogP contribution in [-0.2, 0) is 10.2 Å². The number of carbonyl (C=O) groups is 1. The second-order valence-electron chi connectivity index (χ2n) is 6.29. The molecule has 0 spiro atoms. The van der Waals surface area contributed by atoms with E-state index in [2.05, 4.69) is 11.2 Å². The van der Waals surface area contributed by atoms with Crippen LogP contribution in [0.15, 0.2) is 24.4 Å². The van der Waals surface area contributed by atoms with Crippen molar-refractivity contribution in [2.24, 2.45) is 5.92 Å². The highest BCUT2D eigenvalue weighted by Gasteiger charge is 2.57. The first-order valence-corrected chi connectivity index (χ1v) is 7.90. The first kappa shape index (κ1) is 12.9. The lowest BCUT2D eigenvalue weighted by Crippen LogP contribution is -2.18. The molecule has 0 aliphatic heterocycles. The Morgan fingerprint density at radius 1 is 1.48 bits per heavy atom. The van der Waals surface area contributed by atoms with Crippen molar-refractivity contribution < 1.29 is 9.53 Å². The van der Waals surface area contributed by atoms with Gasteiger partial charge in [0.25, 0.3) is 0 Å². The molecule has 4 rings (SSSR count). The molecule has 4 heteroatoms. The zero-order valence-corrected chi connectivity index (χ0v) is 12.3. The summed E-state index contributed by atoms with van der Waals surface area (Å²) in [6.07, 6.45) is 8.18. The molecule has 0 radical (unpaired) electrons. The SMILES string of the molecule is CCOC(=O)c1cnn2c(C34CCCCC3C4)cccc12. The fraction of sp³-hybridized carbons (Fsp3) is 0.529. The van der Waals surface area contributed by atoms with E-state index in [0.717, 1.165) is 11.4 Å². The van der Waals surface area contributed by atoms with E-state index in [1.54, 1.807) is 6.20 Å². The van der Waals surface area contributed by atoms with Gasteiger partial charge >= 0.3 is 5.97 Å². The maximum atomic E-state index is 12.0. The summed E-state index contributed by atoms with van der Waals surface area (Å²) in [5.41, 5.74) is 3.04. The molecule has 0 N–H and O–H groups in total. The molecule has 2 unspecified atom stereocenters. The average molecular weight is 284 g/mol. The minimum Gasteiger partial charge on any atom is -0.462 e. The summed E-state index contributed by atoms with van der Waals surface area (Å²) < 4.78 is 7.09. The Labute approximate surface area is 124 Å². The predicted molar refractivity (Wildman–Crippen MR) is 79.4 cm³/mol. The van der Waals surface area contributed by atoms with Gasteiger partial charge < -0.3 is 4.74 Å². The molecule has 2 aromatic heterocycles. The number of hydrogen-bond acceptors (Lipinski definition) is 3. The van der Waals surface area contributed by atoms with Gasteiger partial charge in [-0.3, -0.25) is 0 Å². The summed E-state index contributed by atoms with van der Waals surface area (Å²) >= 11 is 0. The molecule has 2 fully saturated rings. The Balaban J connectivity index is 1.80. The van der Waals surface area contributed by atoms with Crippen LogP contribution in [0.5, 0.6) is 0 Å². The summed E-state index contributed by atoms with van der Waals surface area (Å²) in [5, 5.41) is 4.48. The van der Waals surface area contributed by atoms with Gasteiger partial charge in [0, 0.05) is 11.1 Å². The lowest BCUT2D eigenvalue weighted by atomic mass is 9.85. The van der Waals surface area contributed by atoms with E-state index in [-0.39, 0.29) is 5.97 Å². The number of aromatic nitrogens is 2. The average Bonchev–Trinajstić information content (AvgIpc) is 3.10. The van der Waals surface area contributed by atoms with Gasteiger partial charge in [-0.15, -0.1) is 0 Å². The first-order valence-electron chi connectivity index (χ1n) is 7.90. The Morgan fingerprint density at radius 2 is 2.38 bits per heavy atom. The van der Waals surface area contributed by atoms with Gasteiger partial charge in [0.1, 0.15) is 5.56 Å². The highest BCUT2D eigenvalue weighted by Crippen LogP contribution is 2.62. The van der Waals surface area contributed by atoms with Crippen molar-refractivity contribution in [3.63, 3.8) is 0 Å². The molecule has 2 heterocycles. The smallest absolute Gasteiger partial charge is 0.341 e. The van der Waals surface area contributed by atoms with Gasteiger partial charge in [-0.2, -0.15) is 5.10 Å². The van der Waals surface area contributed by atoms with Crippen LogP contribution in [0.1, 0.15) is 55.1 Å². The molecule has 0 amide bonds. The van der Waals surface area contributed by atoms with E-state index >= 15 is 0 Å². The lowest BCUT2D eigenvalue weighted by Gasteiger charge is -2.23. The maximum Gasteiger partial charge on any atom is 0.341 e. The Bertz CT molecular complexity index is 706. The van der Waals surface area contributed by atoms with Crippen LogP contribution in [0, 0.1) is 5.92 Å². The number of pyridine rings is 1. The molecule has 0 saturated heterocycles. The fourth-order valence-corrected chi connectivity index (χ4v) is 4.09. The van der Waals surface area contributed by atoms with Crippen LogP contribution in [0.3, 0.4) is 0 Å². The largest absolute Gasteiger partial charge is 0.462 e. The number of esters is 1. The van der Waals surface area contributed by atoms with Crippen molar-refractivity contribution in [2.75, 3.05) is 6.61 Å². The Morgan fingerprint density at radius 3 is 3.19 bits per heavy atom. The standard InChI is InChI=1S/C17H20N2O2/c1-2-21-16(20)13-11-18-19-14(13)7-5-8-15(19)17-9-4-3-6-12(17)10-17/h5,7-8,11-12H,2-4,6,9-10H2,1H3. The van der Waals surface area contributed by atoms with Crippen molar-refractivity contribution in [3.8, 4) is 0 Å². The van der Waals surface area contributed by atoms with Crippen molar-refractivity contribution in [1.82, 2.24) is 9.61 Å². The molecule has 2 aliphatic carbocycles. The highest BCUT2D eigenvalue weighted by molar-refractivity contribution is 5.96. The van der Waals surface area contributed by atoms with Gasteiger partial charge in [-0.1, -0.05) is 18.9 Å². The van der Waals surface area contributed by atoms with E-state index in [4.69, 9.17) is 4.74 Å². The second-order valence-corrected chi connectivity index (χ2v) is 6.29. The predicted octanol–water partition coefficient (Wildman–Crippen LogP) is 3.34. The highest BCUT2D eigenvalue weighted by atomic mass is 16.5. The van der Waals surface area contributed by atoms with Gasteiger partial charge in [0.05, 0.1) is 18.3 Å². The number of carbonyl (C=O) groups excluding carboxylic acids is 1. The summed E-state index contributed by atoms with van der Waals surface area (Å²) in [6.45, 7) is 2.21. The molecule has 2 aromatic rings. The van der Waals surface area contributed by atoms with Crippen LogP contribution in [0.4, 0.5) is 0 Å². The number of rotatable bonds is 3. The minimum atomic E-state index is -0.279. The van der Waals surface area contributed by atoms with Gasteiger partial charge in [0.15, 0.2) is 0 Å². The van der Waals surface area contributed by atoms with Crippen LogP contribution >= 0.6 is 0 Å². The molecule has 110 valence electrons. The van der Waals surface area contributed by atoms with Gasteiger partial charge in [0.2, 0.25) is 0 Å². The Hall–Kier alpha value is -1.84. The molecule has 2 aliphatic rings. The van der Waals surface area contributed by atoms with E-state index in [9.17, 15) is 4.79 Å². The van der Waals surface area contributed by atoms with Gasteiger partial charge in [-0.05, 0) is 44.2 Å². The fourth-order valence-electron chi connectivity index (χ4n) is 4.09. The maximum absolute atomic E-state index is 12.0. The van der Waals surface area contributed by atoms with Gasteiger partial charge in [-0.25, -0.2) is 9.31 Å². The molecule has 2 saturated carbocycles. The third-order valence-corrected chi connectivity index (χ3v) is 5.21. The van der Waals surface area contributed by atoms with E-state index in [1.165, 1.54) is 37.8 Å². The van der Waals surface area contributed by atoms with Crippen molar-refractivity contribution in [3.05, 3.63) is 35.7 Å². The molecule has 2 atom stereocenters. The topological polar surface area (TPSA) is 43.6 Å². The van der Waals surface area contributed by atoms with Crippen molar-refractivity contribution in [2.45, 2.75) is 44.4 Å². The second kappa shape index (κ2) is 4.58. The van der Waals surface area contributed by atoms with E-state index in [0.29, 0.717) is 17.6 Å².